The van der Waals surface area contributed by atoms with Gasteiger partial charge >= 0.3 is 0 Å². The fourth-order valence-electron chi connectivity index (χ4n) is 3.73. The van der Waals surface area contributed by atoms with Gasteiger partial charge in [-0.1, -0.05) is 65.3 Å². The summed E-state index contributed by atoms with van der Waals surface area (Å²) in [6.07, 6.45) is 4.15. The Morgan fingerprint density at radius 3 is 2.31 bits per heavy atom. The first-order valence-electron chi connectivity index (χ1n) is 9.87. The van der Waals surface area contributed by atoms with E-state index in [1.54, 1.807) is 24.3 Å². The van der Waals surface area contributed by atoms with Gasteiger partial charge in [-0.2, -0.15) is 0 Å². The molecule has 2 aliphatic rings. The maximum atomic E-state index is 13.0. The number of carbonyl (C=O) groups excluding carboxylic acids is 3. The fraction of sp³-hybridized carbons (Fsp3) is 0.227. The minimum absolute atomic E-state index is 0.0655. The second kappa shape index (κ2) is 9.32. The average molecular weight is 513 g/mol. The lowest BCUT2D eigenvalue weighted by Crippen LogP contribution is -2.33. The summed E-state index contributed by atoms with van der Waals surface area (Å²) in [6.45, 7) is 0. The third kappa shape index (κ3) is 4.46. The summed E-state index contributed by atoms with van der Waals surface area (Å²) < 4.78 is 0. The molecule has 1 heterocycles. The molecule has 0 spiro atoms. The monoisotopic (exact) mass is 511 g/mol. The van der Waals surface area contributed by atoms with Gasteiger partial charge in [0.2, 0.25) is 0 Å². The van der Waals surface area contributed by atoms with Crippen molar-refractivity contribution < 1.29 is 14.4 Å². The van der Waals surface area contributed by atoms with Crippen LogP contribution in [0.5, 0.6) is 0 Å². The van der Waals surface area contributed by atoms with Crippen molar-refractivity contribution in [2.75, 3.05) is 10.2 Å². The van der Waals surface area contributed by atoms with Crippen molar-refractivity contribution in [1.82, 2.24) is 5.32 Å². The van der Waals surface area contributed by atoms with Crippen LogP contribution in [0.25, 0.3) is 0 Å². The summed E-state index contributed by atoms with van der Waals surface area (Å²) in [7, 11) is 0. The average Bonchev–Trinajstić information content (AvgIpc) is 3.34. The van der Waals surface area contributed by atoms with E-state index in [1.807, 2.05) is 0 Å². The van der Waals surface area contributed by atoms with E-state index in [2.05, 4.69) is 10.6 Å². The summed E-state index contributed by atoms with van der Waals surface area (Å²) in [5.74, 6) is -1.66. The van der Waals surface area contributed by atoms with Gasteiger partial charge in [-0.25, -0.2) is 4.90 Å². The number of imide groups is 1. The van der Waals surface area contributed by atoms with Gasteiger partial charge in [-0.05, 0) is 43.2 Å². The molecule has 1 aliphatic heterocycles. The Balaban J connectivity index is 1.56. The van der Waals surface area contributed by atoms with E-state index in [1.165, 1.54) is 12.1 Å². The van der Waals surface area contributed by atoms with Crippen LogP contribution in [0.2, 0.25) is 15.1 Å². The van der Waals surface area contributed by atoms with Crippen molar-refractivity contribution in [1.29, 1.82) is 0 Å². The highest BCUT2D eigenvalue weighted by Gasteiger charge is 2.40. The Kier molecular flexibility index (Phi) is 6.67. The number of rotatable bonds is 5. The molecule has 0 radical (unpaired) electrons. The molecule has 1 saturated carbocycles. The van der Waals surface area contributed by atoms with Crippen molar-refractivity contribution in [3.63, 3.8) is 0 Å². The molecule has 0 bridgehead atoms. The van der Waals surface area contributed by atoms with E-state index >= 15 is 0 Å². The lowest BCUT2D eigenvalue weighted by molar-refractivity contribution is -0.120. The number of hydrogen-bond acceptors (Lipinski definition) is 4. The summed E-state index contributed by atoms with van der Waals surface area (Å²) in [5.41, 5.74) is 0.795. The van der Waals surface area contributed by atoms with Gasteiger partial charge in [0.25, 0.3) is 17.7 Å². The molecule has 3 amide bonds. The van der Waals surface area contributed by atoms with Crippen LogP contribution in [-0.2, 0) is 9.59 Å². The highest BCUT2D eigenvalue weighted by molar-refractivity contribution is 6.54. The molecule has 2 aromatic carbocycles. The SMILES string of the molecule is O=C(NC1CCCC1)c1cccc(NC2=C(Cl)C(=O)N(c3cc(Cl)c(Cl)cc3Cl)C2=O)c1. The van der Waals surface area contributed by atoms with Gasteiger partial charge in [-0.3, -0.25) is 14.4 Å². The third-order valence-corrected chi connectivity index (χ3v) is 6.72. The van der Waals surface area contributed by atoms with Crippen molar-refractivity contribution in [3.8, 4) is 0 Å². The topological polar surface area (TPSA) is 78.5 Å². The molecule has 1 fully saturated rings. The molecule has 32 heavy (non-hydrogen) atoms. The zero-order chi connectivity index (χ0) is 23.0. The normalized spacial score (nSPS) is 16.8. The number of carbonyl (C=O) groups is 3. The minimum Gasteiger partial charge on any atom is -0.350 e. The van der Waals surface area contributed by atoms with Crippen molar-refractivity contribution >= 4 is 75.5 Å². The second-order valence-corrected chi connectivity index (χ2v) is 9.11. The largest absolute Gasteiger partial charge is 0.350 e. The molecular weight excluding hydrogens is 496 g/mol. The van der Waals surface area contributed by atoms with Gasteiger partial charge in [0.1, 0.15) is 10.7 Å². The molecule has 166 valence electrons. The summed E-state index contributed by atoms with van der Waals surface area (Å²) in [6, 6.07) is 9.44. The zero-order valence-electron chi connectivity index (χ0n) is 16.6. The molecule has 0 unspecified atom stereocenters. The maximum Gasteiger partial charge on any atom is 0.283 e. The van der Waals surface area contributed by atoms with Crippen LogP contribution in [0, 0.1) is 0 Å². The standard InChI is InChI=1S/C22H17Cl4N3O3/c23-14-9-16(25)17(10-15(14)24)29-21(31)18(26)19(22(29)32)27-13-7-3-4-11(8-13)20(30)28-12-5-1-2-6-12/h3-4,7-10,12,27H,1-2,5-6H2,(H,28,30). The highest BCUT2D eigenvalue weighted by Crippen LogP contribution is 2.38. The van der Waals surface area contributed by atoms with Gasteiger partial charge in [0, 0.05) is 17.3 Å². The van der Waals surface area contributed by atoms with Crippen LogP contribution in [0.1, 0.15) is 36.0 Å². The number of nitrogens with zero attached hydrogens (tertiary/aromatic N) is 1. The van der Waals surface area contributed by atoms with Gasteiger partial charge in [-0.15, -0.1) is 0 Å². The Morgan fingerprint density at radius 1 is 0.906 bits per heavy atom. The van der Waals surface area contributed by atoms with Crippen molar-refractivity contribution in [3.05, 3.63) is 67.8 Å². The predicted molar refractivity (Wildman–Crippen MR) is 127 cm³/mol. The van der Waals surface area contributed by atoms with E-state index in [9.17, 15) is 14.4 Å². The number of nitrogens with one attached hydrogen (secondary N) is 2. The first kappa shape index (κ1) is 22.9. The Hall–Kier alpha value is -2.25. The first-order valence-corrected chi connectivity index (χ1v) is 11.4. The highest BCUT2D eigenvalue weighted by atomic mass is 35.5. The summed E-state index contributed by atoms with van der Waals surface area (Å²) >= 11 is 24.3. The zero-order valence-corrected chi connectivity index (χ0v) is 19.6. The lowest BCUT2D eigenvalue weighted by Gasteiger charge is -2.17. The molecule has 2 N–H and O–H groups in total. The van der Waals surface area contributed by atoms with E-state index in [-0.39, 0.29) is 43.4 Å². The predicted octanol–water partition coefficient (Wildman–Crippen LogP) is 5.75. The minimum atomic E-state index is -0.755. The molecule has 0 aromatic heterocycles. The van der Waals surface area contributed by atoms with Crippen LogP contribution >= 0.6 is 46.4 Å². The van der Waals surface area contributed by atoms with Crippen LogP contribution < -0.4 is 15.5 Å². The first-order chi connectivity index (χ1) is 15.3. The maximum absolute atomic E-state index is 13.0. The van der Waals surface area contributed by atoms with E-state index < -0.39 is 11.8 Å². The van der Waals surface area contributed by atoms with Crippen molar-refractivity contribution in [2.45, 2.75) is 31.7 Å². The van der Waals surface area contributed by atoms with Gasteiger partial charge in [0.15, 0.2) is 0 Å². The van der Waals surface area contributed by atoms with Gasteiger partial charge < -0.3 is 10.6 Å². The Morgan fingerprint density at radius 2 is 1.59 bits per heavy atom. The van der Waals surface area contributed by atoms with Crippen LogP contribution in [0.3, 0.4) is 0 Å². The fourth-order valence-corrected chi connectivity index (χ4v) is 4.57. The molecule has 10 heteroatoms. The van der Waals surface area contributed by atoms with Crippen LogP contribution in [0.4, 0.5) is 11.4 Å². The van der Waals surface area contributed by atoms with Gasteiger partial charge in [0.05, 0.1) is 20.8 Å². The number of hydrogen-bond donors (Lipinski definition) is 2. The Labute approximate surface area is 204 Å². The smallest absolute Gasteiger partial charge is 0.283 e. The van der Waals surface area contributed by atoms with E-state index in [0.717, 1.165) is 30.6 Å². The molecular formula is C22H17Cl4N3O3. The molecule has 6 nitrogen and oxygen atoms in total. The molecule has 1 aliphatic carbocycles. The second-order valence-electron chi connectivity index (χ2n) is 7.51. The Bertz CT molecular complexity index is 1160. The molecule has 0 saturated heterocycles. The number of halogens is 4. The van der Waals surface area contributed by atoms with E-state index in [4.69, 9.17) is 46.4 Å². The lowest BCUT2D eigenvalue weighted by atomic mass is 10.1. The van der Waals surface area contributed by atoms with E-state index in [0.29, 0.717) is 11.3 Å². The summed E-state index contributed by atoms with van der Waals surface area (Å²) in [4.78, 5) is 39.1. The van der Waals surface area contributed by atoms with Crippen LogP contribution in [-0.4, -0.2) is 23.8 Å². The summed E-state index contributed by atoms with van der Waals surface area (Å²) in [5, 5.41) is 5.95. The third-order valence-electron chi connectivity index (χ3n) is 5.34. The number of anilines is 2. The van der Waals surface area contributed by atoms with Crippen molar-refractivity contribution in [2.24, 2.45) is 0 Å². The quantitative estimate of drug-likeness (QED) is 0.394. The number of amides is 3. The number of benzene rings is 2. The molecule has 4 rings (SSSR count). The molecule has 2 aromatic rings. The molecule has 0 atom stereocenters. The van der Waals surface area contributed by atoms with Crippen LogP contribution in [0.15, 0.2) is 47.1 Å².